The van der Waals surface area contributed by atoms with Crippen LogP contribution in [0.5, 0.6) is 5.75 Å². The molecule has 148 valence electrons. The molecule has 4 heterocycles. The van der Waals surface area contributed by atoms with Crippen molar-refractivity contribution in [1.29, 1.82) is 0 Å². The van der Waals surface area contributed by atoms with E-state index in [0.717, 1.165) is 16.6 Å². The zero-order valence-electron chi connectivity index (χ0n) is 15.8. The van der Waals surface area contributed by atoms with Crippen molar-refractivity contribution >= 4 is 32.7 Å². The summed E-state index contributed by atoms with van der Waals surface area (Å²) >= 11 is 0. The molecule has 3 aromatic rings. The Hall–Kier alpha value is -3.00. The van der Waals surface area contributed by atoms with Gasteiger partial charge in [-0.1, -0.05) is 12.1 Å². The number of carbonyl (C=O) groups is 1. The third-order valence-electron chi connectivity index (χ3n) is 5.45. The molecule has 0 unspecified atom stereocenters. The van der Waals surface area contributed by atoms with Crippen LogP contribution in [0.15, 0.2) is 42.1 Å². The lowest BCUT2D eigenvalue weighted by Gasteiger charge is -2.18. The third kappa shape index (κ3) is 3.13. The Morgan fingerprint density at radius 3 is 2.90 bits per heavy atom. The lowest BCUT2D eigenvalue weighted by molar-refractivity contribution is 0.100. The monoisotopic (exact) mass is 409 g/mol. The number of benzene rings is 1. The summed E-state index contributed by atoms with van der Waals surface area (Å²) < 4.78 is 31.1. The van der Waals surface area contributed by atoms with Gasteiger partial charge in [0.2, 0.25) is 0 Å². The number of sulfone groups is 1. The number of ketones is 1. The van der Waals surface area contributed by atoms with Crippen LogP contribution in [0.1, 0.15) is 34.1 Å². The molecule has 1 saturated heterocycles. The summed E-state index contributed by atoms with van der Waals surface area (Å²) in [5, 5.41) is 5.40. The Bertz CT molecular complexity index is 1290. The summed E-state index contributed by atoms with van der Waals surface area (Å²) in [5.41, 5.74) is 3.37. The summed E-state index contributed by atoms with van der Waals surface area (Å²) in [6.45, 7) is 2.10. The van der Waals surface area contributed by atoms with Crippen molar-refractivity contribution in [2.24, 2.45) is 0 Å². The molecule has 0 aliphatic carbocycles. The van der Waals surface area contributed by atoms with Crippen LogP contribution in [-0.4, -0.2) is 47.1 Å². The van der Waals surface area contributed by atoms with E-state index in [1.165, 1.54) is 0 Å². The predicted molar refractivity (Wildman–Crippen MR) is 109 cm³/mol. The maximum absolute atomic E-state index is 12.7. The molecule has 0 N–H and O–H groups in total. The summed E-state index contributed by atoms with van der Waals surface area (Å²) in [5.74, 6) is 0.843. The molecule has 29 heavy (non-hydrogen) atoms. The van der Waals surface area contributed by atoms with Gasteiger partial charge in [0.25, 0.3) is 0 Å². The number of Topliss-reactive ketones (excluding diaryl/α,β-unsaturated/α-hetero) is 1. The number of aryl methyl sites for hydroxylation is 1. The number of para-hydroxylation sites is 1. The highest BCUT2D eigenvalue weighted by atomic mass is 32.2. The highest BCUT2D eigenvalue weighted by molar-refractivity contribution is 7.91. The van der Waals surface area contributed by atoms with Gasteiger partial charge in [0.05, 0.1) is 28.8 Å². The molecule has 5 rings (SSSR count). The minimum Gasteiger partial charge on any atom is -0.488 e. The molecule has 0 spiro atoms. The first kappa shape index (κ1) is 18.1. The van der Waals surface area contributed by atoms with Gasteiger partial charge < -0.3 is 4.74 Å². The molecule has 0 amide bonds. The largest absolute Gasteiger partial charge is 0.488 e. The zero-order valence-corrected chi connectivity index (χ0v) is 16.6. The molecule has 8 heteroatoms. The Kier molecular flexibility index (Phi) is 4.06. The fourth-order valence-corrected chi connectivity index (χ4v) is 5.66. The first-order valence-electron chi connectivity index (χ1n) is 9.44. The number of carbonyl (C=O) groups excluding carboxylic acids is 1. The lowest BCUT2D eigenvalue weighted by atomic mass is 9.98. The van der Waals surface area contributed by atoms with Crippen LogP contribution in [0, 0.1) is 6.92 Å². The van der Waals surface area contributed by atoms with Gasteiger partial charge in [-0.2, -0.15) is 5.10 Å². The molecule has 1 atom stereocenters. The van der Waals surface area contributed by atoms with Gasteiger partial charge in [-0.25, -0.2) is 18.1 Å². The molecular weight excluding hydrogens is 390 g/mol. The van der Waals surface area contributed by atoms with E-state index in [4.69, 9.17) is 4.74 Å². The smallest absolute Gasteiger partial charge is 0.196 e. The van der Waals surface area contributed by atoms with Crippen LogP contribution in [0.4, 0.5) is 0 Å². The number of hydrogen-bond donors (Lipinski definition) is 0. The summed E-state index contributed by atoms with van der Waals surface area (Å²) in [4.78, 5) is 17.3. The first-order chi connectivity index (χ1) is 13.9. The predicted octanol–water partition coefficient (Wildman–Crippen LogP) is 2.76. The Morgan fingerprint density at radius 1 is 1.28 bits per heavy atom. The number of nitrogens with zero attached hydrogens (tertiary/aromatic N) is 3. The first-order valence-corrected chi connectivity index (χ1v) is 11.3. The second-order valence-corrected chi connectivity index (χ2v) is 9.74. The van der Waals surface area contributed by atoms with Crippen molar-refractivity contribution in [3.05, 3.63) is 58.9 Å². The molecule has 2 aliphatic rings. The number of pyridine rings is 1. The average molecular weight is 409 g/mol. The molecule has 1 fully saturated rings. The van der Waals surface area contributed by atoms with Gasteiger partial charge >= 0.3 is 0 Å². The summed E-state index contributed by atoms with van der Waals surface area (Å²) in [6, 6.07) is 8.96. The maximum atomic E-state index is 12.7. The minimum atomic E-state index is -3.01. The number of hydrogen-bond acceptors (Lipinski definition) is 6. The average Bonchev–Trinajstić information content (AvgIpc) is 3.23. The van der Waals surface area contributed by atoms with Gasteiger partial charge in [-0.05, 0) is 43.2 Å². The Morgan fingerprint density at radius 2 is 2.10 bits per heavy atom. The molecule has 0 radical (unpaired) electrons. The standard InChI is InChI=1S/C21H19N3O4S/c1-13-18-9-14(8-15-11-28-19-5-3-2-4-17(19)20(15)25)10-22-21(18)24(23-13)16-6-7-29(26,27)12-16/h2-5,8-10,16H,6-7,11-12H2,1H3/b15-8-/t16-/m1/s1. The van der Waals surface area contributed by atoms with E-state index in [2.05, 4.69) is 10.1 Å². The number of rotatable bonds is 2. The van der Waals surface area contributed by atoms with E-state index in [9.17, 15) is 13.2 Å². The van der Waals surface area contributed by atoms with Crippen molar-refractivity contribution in [3.63, 3.8) is 0 Å². The van der Waals surface area contributed by atoms with E-state index in [1.54, 1.807) is 29.1 Å². The Balaban J connectivity index is 1.51. The van der Waals surface area contributed by atoms with Gasteiger partial charge in [0.15, 0.2) is 21.3 Å². The van der Waals surface area contributed by atoms with E-state index < -0.39 is 9.84 Å². The fourth-order valence-electron chi connectivity index (χ4n) is 3.97. The number of aromatic nitrogens is 3. The molecule has 2 aliphatic heterocycles. The minimum absolute atomic E-state index is 0.0458. The van der Waals surface area contributed by atoms with E-state index >= 15 is 0 Å². The second-order valence-electron chi connectivity index (χ2n) is 7.51. The van der Waals surface area contributed by atoms with Crippen molar-refractivity contribution < 1.29 is 17.9 Å². The summed E-state index contributed by atoms with van der Waals surface area (Å²) in [7, 11) is -3.01. The van der Waals surface area contributed by atoms with E-state index in [1.807, 2.05) is 25.1 Å². The van der Waals surface area contributed by atoms with Crippen molar-refractivity contribution in [2.45, 2.75) is 19.4 Å². The Labute approximate surface area is 167 Å². The van der Waals surface area contributed by atoms with Gasteiger partial charge in [0.1, 0.15) is 12.4 Å². The molecule has 0 saturated carbocycles. The van der Waals surface area contributed by atoms with Crippen LogP contribution in [0.25, 0.3) is 17.1 Å². The van der Waals surface area contributed by atoms with Crippen LogP contribution in [-0.2, 0) is 9.84 Å². The normalized spacial score (nSPS) is 22.0. The molecule has 7 nitrogen and oxygen atoms in total. The molecule has 0 bridgehead atoms. The van der Waals surface area contributed by atoms with Gasteiger partial charge in [-0.15, -0.1) is 0 Å². The van der Waals surface area contributed by atoms with E-state index in [0.29, 0.717) is 29.0 Å². The van der Waals surface area contributed by atoms with E-state index in [-0.39, 0.29) is 29.9 Å². The fraction of sp³-hybridized carbons (Fsp3) is 0.286. The maximum Gasteiger partial charge on any atom is 0.196 e. The summed E-state index contributed by atoms with van der Waals surface area (Å²) in [6.07, 6.45) is 4.03. The number of fused-ring (bicyclic) bond motifs is 2. The quantitative estimate of drug-likeness (QED) is 0.605. The van der Waals surface area contributed by atoms with Crippen LogP contribution in [0.3, 0.4) is 0 Å². The molecular formula is C21H19N3O4S. The van der Waals surface area contributed by atoms with Crippen molar-refractivity contribution in [2.75, 3.05) is 18.1 Å². The lowest BCUT2D eigenvalue weighted by Crippen LogP contribution is -2.18. The zero-order chi connectivity index (χ0) is 20.2. The van der Waals surface area contributed by atoms with Crippen LogP contribution in [0.2, 0.25) is 0 Å². The second kappa shape index (κ2) is 6.52. The van der Waals surface area contributed by atoms with Gasteiger partial charge in [-0.3, -0.25) is 4.79 Å². The third-order valence-corrected chi connectivity index (χ3v) is 7.20. The molecule has 1 aromatic carbocycles. The van der Waals surface area contributed by atoms with Crippen LogP contribution < -0.4 is 4.74 Å². The van der Waals surface area contributed by atoms with Crippen molar-refractivity contribution in [3.8, 4) is 5.75 Å². The van der Waals surface area contributed by atoms with Gasteiger partial charge in [0, 0.05) is 17.2 Å². The number of ether oxygens (including phenoxy) is 1. The van der Waals surface area contributed by atoms with Crippen LogP contribution >= 0.6 is 0 Å². The van der Waals surface area contributed by atoms with Crippen molar-refractivity contribution in [1.82, 2.24) is 14.8 Å². The highest BCUT2D eigenvalue weighted by Gasteiger charge is 2.31. The highest BCUT2D eigenvalue weighted by Crippen LogP contribution is 2.30. The molecule has 2 aromatic heterocycles. The topological polar surface area (TPSA) is 91.2 Å². The SMILES string of the molecule is Cc1nn([C@@H]2CCS(=O)(=O)C2)c2ncc(/C=C3/COc4ccccc4C3=O)cc12.